The van der Waals surface area contributed by atoms with Crippen molar-refractivity contribution in [2.24, 2.45) is 4.99 Å². The minimum absolute atomic E-state index is 0.0231. The number of carbonyl (C=O) groups excluding carboxylic acids is 1. The van der Waals surface area contributed by atoms with Gasteiger partial charge in [-0.15, -0.1) is 0 Å². The molecular formula is C16H22ClN5O3S. The van der Waals surface area contributed by atoms with Crippen LogP contribution in [0.15, 0.2) is 4.99 Å². The molecule has 1 fully saturated rings. The predicted molar refractivity (Wildman–Crippen MR) is 101 cm³/mol. The molecule has 0 aliphatic carbocycles. The van der Waals surface area contributed by atoms with Crippen molar-refractivity contribution in [2.75, 3.05) is 11.4 Å². The Kier molecular flexibility index (Phi) is 5.38. The van der Waals surface area contributed by atoms with Crippen molar-refractivity contribution < 1.29 is 14.7 Å². The van der Waals surface area contributed by atoms with Gasteiger partial charge in [-0.25, -0.2) is 14.8 Å². The van der Waals surface area contributed by atoms with Gasteiger partial charge in [0.1, 0.15) is 10.4 Å². The Morgan fingerprint density at radius 1 is 1.42 bits per heavy atom. The number of carbonyl (C=O) groups is 2. The lowest BCUT2D eigenvalue weighted by Crippen LogP contribution is -2.67. The first kappa shape index (κ1) is 18.9. The molecule has 8 nitrogen and oxygen atoms in total. The average molecular weight is 400 g/mol. The number of aliphatic imine (C=N–C) groups is 1. The second kappa shape index (κ2) is 7.40. The SMILES string of the molecule is CCC1NC(C(=O)N[C@@H]2CN(c3nc(C)c(C(=O)O)s3)[C@@H]2CC)=NC1Cl. The van der Waals surface area contributed by atoms with E-state index in [-0.39, 0.29) is 34.7 Å². The fourth-order valence-electron chi connectivity index (χ4n) is 3.27. The molecule has 26 heavy (non-hydrogen) atoms. The number of rotatable bonds is 6. The van der Waals surface area contributed by atoms with Gasteiger partial charge in [0.25, 0.3) is 5.91 Å². The highest BCUT2D eigenvalue weighted by atomic mass is 35.5. The van der Waals surface area contributed by atoms with Crippen molar-refractivity contribution in [3.63, 3.8) is 0 Å². The number of hydrogen-bond acceptors (Lipinski definition) is 7. The molecule has 10 heteroatoms. The van der Waals surface area contributed by atoms with Gasteiger partial charge < -0.3 is 20.6 Å². The molecule has 1 saturated heterocycles. The molecule has 0 radical (unpaired) electrons. The van der Waals surface area contributed by atoms with Crippen molar-refractivity contribution in [3.05, 3.63) is 10.6 Å². The number of nitrogens with zero attached hydrogens (tertiary/aromatic N) is 3. The standard InChI is InChI=1S/C16H22ClN5O3S/c1-4-8-12(17)21-13(19-8)14(23)20-9-6-22(10(9)5-2)16-18-7(3)11(26-16)15(24)25/h8-10,12H,4-6H2,1-3H3,(H,19,21)(H,20,23)(H,24,25)/t8?,9-,10-,12?/m1/s1. The maximum absolute atomic E-state index is 12.4. The van der Waals surface area contributed by atoms with Crippen LogP contribution in [-0.4, -0.2) is 58.0 Å². The van der Waals surface area contributed by atoms with Crippen molar-refractivity contribution in [1.29, 1.82) is 0 Å². The number of amides is 1. The third kappa shape index (κ3) is 3.37. The number of carboxylic acids is 1. The van der Waals surface area contributed by atoms with E-state index in [4.69, 9.17) is 11.6 Å². The van der Waals surface area contributed by atoms with Gasteiger partial charge in [-0.05, 0) is 19.8 Å². The summed E-state index contributed by atoms with van der Waals surface area (Å²) in [4.78, 5) is 34.5. The minimum Gasteiger partial charge on any atom is -0.477 e. The molecular weight excluding hydrogens is 378 g/mol. The first-order chi connectivity index (χ1) is 12.3. The van der Waals surface area contributed by atoms with Gasteiger partial charge >= 0.3 is 5.97 Å². The van der Waals surface area contributed by atoms with E-state index in [1.165, 1.54) is 11.3 Å². The fourth-order valence-corrected chi connectivity index (χ4v) is 4.58. The van der Waals surface area contributed by atoms with E-state index >= 15 is 0 Å². The molecule has 3 rings (SSSR count). The number of amidine groups is 1. The van der Waals surface area contributed by atoms with Crippen LogP contribution in [0.1, 0.15) is 42.1 Å². The second-order valence-corrected chi connectivity index (χ2v) is 7.86. The Morgan fingerprint density at radius 2 is 2.15 bits per heavy atom. The molecule has 2 unspecified atom stereocenters. The zero-order chi connectivity index (χ0) is 19.0. The number of nitrogens with one attached hydrogen (secondary N) is 2. The predicted octanol–water partition coefficient (Wildman–Crippen LogP) is 1.58. The highest BCUT2D eigenvalue weighted by molar-refractivity contribution is 7.17. The summed E-state index contributed by atoms with van der Waals surface area (Å²) in [7, 11) is 0. The monoisotopic (exact) mass is 399 g/mol. The van der Waals surface area contributed by atoms with Crippen LogP contribution in [0.3, 0.4) is 0 Å². The summed E-state index contributed by atoms with van der Waals surface area (Å²) in [6.07, 6.45) is 1.60. The Morgan fingerprint density at radius 3 is 2.69 bits per heavy atom. The van der Waals surface area contributed by atoms with Crippen LogP contribution in [0.2, 0.25) is 0 Å². The lowest BCUT2D eigenvalue weighted by Gasteiger charge is -2.48. The van der Waals surface area contributed by atoms with E-state index in [1.54, 1.807) is 6.92 Å². The van der Waals surface area contributed by atoms with E-state index in [9.17, 15) is 14.7 Å². The summed E-state index contributed by atoms with van der Waals surface area (Å²) in [5.74, 6) is -0.934. The molecule has 0 aromatic carbocycles. The number of halogens is 1. The van der Waals surface area contributed by atoms with Crippen LogP contribution >= 0.6 is 22.9 Å². The number of anilines is 1. The highest BCUT2D eigenvalue weighted by Crippen LogP contribution is 2.34. The lowest BCUT2D eigenvalue weighted by atomic mass is 9.94. The van der Waals surface area contributed by atoms with Gasteiger partial charge in [0.05, 0.1) is 23.8 Å². The van der Waals surface area contributed by atoms with Crippen molar-refractivity contribution in [2.45, 2.75) is 57.2 Å². The Bertz CT molecular complexity index is 752. The van der Waals surface area contributed by atoms with Gasteiger partial charge in [0.2, 0.25) is 0 Å². The van der Waals surface area contributed by atoms with Gasteiger partial charge in [-0.1, -0.05) is 36.8 Å². The van der Waals surface area contributed by atoms with E-state index in [2.05, 4.69) is 20.6 Å². The van der Waals surface area contributed by atoms with Crippen molar-refractivity contribution >= 4 is 45.8 Å². The number of aryl methyl sites for hydroxylation is 1. The number of hydrogen-bond donors (Lipinski definition) is 3. The van der Waals surface area contributed by atoms with Crippen LogP contribution in [0.4, 0.5) is 5.13 Å². The van der Waals surface area contributed by atoms with Gasteiger partial charge in [0.15, 0.2) is 11.0 Å². The molecule has 1 aromatic rings. The van der Waals surface area contributed by atoms with Gasteiger partial charge in [0, 0.05) is 6.54 Å². The first-order valence-electron chi connectivity index (χ1n) is 8.62. The Hall–Kier alpha value is -1.87. The molecule has 0 spiro atoms. The van der Waals surface area contributed by atoms with E-state index < -0.39 is 11.5 Å². The minimum atomic E-state index is -0.962. The molecule has 3 N–H and O–H groups in total. The number of aromatic nitrogens is 1. The molecule has 2 aliphatic rings. The number of alkyl halides is 1. The zero-order valence-electron chi connectivity index (χ0n) is 14.8. The van der Waals surface area contributed by atoms with Crippen molar-refractivity contribution in [1.82, 2.24) is 15.6 Å². The van der Waals surface area contributed by atoms with E-state index in [1.807, 2.05) is 18.7 Å². The molecule has 2 aliphatic heterocycles. The summed E-state index contributed by atoms with van der Waals surface area (Å²) < 4.78 is 0. The number of thiazole rings is 1. The molecule has 1 amide bonds. The largest absolute Gasteiger partial charge is 0.477 e. The van der Waals surface area contributed by atoms with Crippen LogP contribution in [-0.2, 0) is 4.79 Å². The molecule has 0 saturated carbocycles. The number of carboxylic acid groups (broad SMARTS) is 1. The topological polar surface area (TPSA) is 107 Å². The molecule has 0 bridgehead atoms. The number of aromatic carboxylic acids is 1. The quantitative estimate of drug-likeness (QED) is 0.495. The maximum atomic E-state index is 12.4. The van der Waals surface area contributed by atoms with Crippen LogP contribution in [0, 0.1) is 6.92 Å². The summed E-state index contributed by atoms with van der Waals surface area (Å²) in [6.45, 7) is 6.30. The van der Waals surface area contributed by atoms with Crippen LogP contribution in [0.25, 0.3) is 0 Å². The maximum Gasteiger partial charge on any atom is 0.347 e. The van der Waals surface area contributed by atoms with Gasteiger partial charge in [-0.2, -0.15) is 0 Å². The van der Waals surface area contributed by atoms with Crippen molar-refractivity contribution in [3.8, 4) is 0 Å². The third-order valence-electron chi connectivity index (χ3n) is 4.78. The molecule has 3 heterocycles. The molecule has 142 valence electrons. The third-order valence-corrected chi connectivity index (χ3v) is 6.36. The van der Waals surface area contributed by atoms with Crippen LogP contribution in [0.5, 0.6) is 0 Å². The van der Waals surface area contributed by atoms with Gasteiger partial charge in [-0.3, -0.25) is 4.79 Å². The summed E-state index contributed by atoms with van der Waals surface area (Å²) in [6, 6.07) is 0.0101. The summed E-state index contributed by atoms with van der Waals surface area (Å²) >= 11 is 7.28. The van der Waals surface area contributed by atoms with Crippen LogP contribution < -0.4 is 15.5 Å². The van der Waals surface area contributed by atoms with E-state index in [0.29, 0.717) is 17.4 Å². The summed E-state index contributed by atoms with van der Waals surface area (Å²) in [5.41, 5.74) is 0.0939. The Labute approximate surface area is 160 Å². The van der Waals surface area contributed by atoms with E-state index in [0.717, 1.165) is 12.8 Å². The normalized spacial score (nSPS) is 27.5. The highest BCUT2D eigenvalue weighted by Gasteiger charge is 2.41. The fraction of sp³-hybridized carbons (Fsp3) is 0.625. The first-order valence-corrected chi connectivity index (χ1v) is 9.87. The molecule has 4 atom stereocenters. The zero-order valence-corrected chi connectivity index (χ0v) is 16.4. The summed E-state index contributed by atoms with van der Waals surface area (Å²) in [5, 5.41) is 15.9. The average Bonchev–Trinajstić information content (AvgIpc) is 3.13. The Balaban J connectivity index is 1.64. The molecule has 1 aromatic heterocycles. The second-order valence-electron chi connectivity index (χ2n) is 6.43. The lowest BCUT2D eigenvalue weighted by molar-refractivity contribution is -0.116. The smallest absolute Gasteiger partial charge is 0.347 e.